The van der Waals surface area contributed by atoms with E-state index >= 15 is 0 Å². The molecule has 0 unspecified atom stereocenters. The van der Waals surface area contributed by atoms with Gasteiger partial charge in [-0.2, -0.15) is 0 Å². The van der Waals surface area contributed by atoms with E-state index in [4.69, 9.17) is 0 Å². The highest BCUT2D eigenvalue weighted by Gasteiger charge is 2.08. The minimum absolute atomic E-state index is 0.0663. The highest BCUT2D eigenvalue weighted by molar-refractivity contribution is 7.24. The number of tetrazole rings is 1. The Kier molecular flexibility index (Phi) is 2.37. The summed E-state index contributed by atoms with van der Waals surface area (Å²) in [5, 5.41) is 15.2. The van der Waals surface area contributed by atoms with Gasteiger partial charge in [-0.1, -0.05) is 18.2 Å². The number of aromatic nitrogens is 4. The molecular weight excluding hydrogens is 272 g/mol. The number of nitrogens with zero attached hydrogens (tertiary/aromatic N) is 3. The van der Waals surface area contributed by atoms with Crippen LogP contribution in [0.2, 0.25) is 0 Å². The summed E-state index contributed by atoms with van der Waals surface area (Å²) in [5.41, 5.74) is 0.935. The fraction of sp³-hybridized carbons (Fsp3) is 0. The van der Waals surface area contributed by atoms with E-state index < -0.39 is 0 Å². The number of benzene rings is 2. The zero-order chi connectivity index (χ0) is 13.5. The Morgan fingerprint density at radius 2 is 1.85 bits per heavy atom. The predicted octanol–water partition coefficient (Wildman–Crippen LogP) is 2.59. The van der Waals surface area contributed by atoms with Crippen molar-refractivity contribution in [3.63, 3.8) is 0 Å². The Morgan fingerprint density at radius 3 is 2.70 bits per heavy atom. The zero-order valence-corrected chi connectivity index (χ0v) is 11.0. The molecule has 0 aliphatic rings. The summed E-state index contributed by atoms with van der Waals surface area (Å²) < 4.78 is 1.92. The van der Waals surface area contributed by atoms with Gasteiger partial charge in [0.25, 0.3) is 0 Å². The third kappa shape index (κ3) is 1.62. The second-order valence-electron chi connectivity index (χ2n) is 4.39. The van der Waals surface area contributed by atoms with Gasteiger partial charge >= 0.3 is 0 Å². The molecule has 5 nitrogen and oxygen atoms in total. The molecule has 2 aromatic carbocycles. The van der Waals surface area contributed by atoms with Crippen LogP contribution in [-0.2, 0) is 0 Å². The van der Waals surface area contributed by atoms with Gasteiger partial charge in [-0.05, 0) is 34.7 Å². The number of rotatable bonds is 1. The molecule has 4 rings (SSSR count). The largest absolute Gasteiger partial charge is 0.289 e. The van der Waals surface area contributed by atoms with Crippen LogP contribution < -0.4 is 5.43 Å². The third-order valence-electron chi connectivity index (χ3n) is 3.20. The van der Waals surface area contributed by atoms with Crippen LogP contribution in [0.1, 0.15) is 0 Å². The van der Waals surface area contributed by atoms with Gasteiger partial charge in [-0.25, -0.2) is 5.10 Å². The topological polar surface area (TPSA) is 71.5 Å². The maximum absolute atomic E-state index is 12.4. The van der Waals surface area contributed by atoms with E-state index in [2.05, 4.69) is 20.6 Å². The minimum Gasteiger partial charge on any atom is -0.289 e. The maximum Gasteiger partial charge on any atom is 0.195 e. The quantitative estimate of drug-likeness (QED) is 0.544. The van der Waals surface area contributed by atoms with Gasteiger partial charge < -0.3 is 0 Å². The smallest absolute Gasteiger partial charge is 0.195 e. The second-order valence-corrected chi connectivity index (χ2v) is 5.47. The first kappa shape index (κ1) is 11.2. The minimum atomic E-state index is 0.0663. The molecule has 0 aliphatic carbocycles. The summed E-state index contributed by atoms with van der Waals surface area (Å²) in [4.78, 5) is 12.4. The molecule has 0 saturated heterocycles. The van der Waals surface area contributed by atoms with Crippen molar-refractivity contribution in [1.29, 1.82) is 0 Å². The van der Waals surface area contributed by atoms with Crippen molar-refractivity contribution < 1.29 is 0 Å². The molecular formula is C14H8N4OS. The van der Waals surface area contributed by atoms with Crippen LogP contribution in [-0.4, -0.2) is 20.6 Å². The Hall–Kier alpha value is -2.60. The molecule has 2 heterocycles. The molecule has 1 N–H and O–H groups in total. The van der Waals surface area contributed by atoms with E-state index in [-0.39, 0.29) is 5.43 Å². The second kappa shape index (κ2) is 4.21. The third-order valence-corrected chi connectivity index (χ3v) is 4.33. The van der Waals surface area contributed by atoms with Crippen molar-refractivity contribution in [2.45, 2.75) is 0 Å². The van der Waals surface area contributed by atoms with Gasteiger partial charge in [0.1, 0.15) is 0 Å². The summed E-state index contributed by atoms with van der Waals surface area (Å²) in [6.07, 6.45) is 0. The van der Waals surface area contributed by atoms with Gasteiger partial charge in [0, 0.05) is 25.7 Å². The van der Waals surface area contributed by atoms with E-state index in [1.54, 1.807) is 11.3 Å². The number of hydrogen-bond acceptors (Lipinski definition) is 5. The molecule has 96 valence electrons. The number of hydrogen-bond donors (Lipinski definition) is 1. The Labute approximate surface area is 116 Å². The molecule has 2 aromatic heterocycles. The summed E-state index contributed by atoms with van der Waals surface area (Å²) >= 11 is 1.59. The average Bonchev–Trinajstić information content (AvgIpc) is 3.01. The van der Waals surface area contributed by atoms with Crippen LogP contribution in [0.5, 0.6) is 0 Å². The van der Waals surface area contributed by atoms with Crippen molar-refractivity contribution in [3.05, 3.63) is 52.7 Å². The molecule has 0 fully saturated rings. The first-order valence-corrected chi connectivity index (χ1v) is 6.84. The summed E-state index contributed by atoms with van der Waals surface area (Å²) in [6.45, 7) is 0. The van der Waals surface area contributed by atoms with E-state index in [9.17, 15) is 4.79 Å². The lowest BCUT2D eigenvalue weighted by atomic mass is 10.1. The molecule has 0 radical (unpaired) electrons. The van der Waals surface area contributed by atoms with Gasteiger partial charge in [-0.3, -0.25) is 4.79 Å². The van der Waals surface area contributed by atoms with Gasteiger partial charge in [-0.15, -0.1) is 16.4 Å². The Morgan fingerprint density at radius 1 is 1.00 bits per heavy atom. The molecule has 0 atom stereocenters. The van der Waals surface area contributed by atoms with Crippen molar-refractivity contribution in [2.75, 3.05) is 0 Å². The van der Waals surface area contributed by atoms with Crippen molar-refractivity contribution in [2.24, 2.45) is 0 Å². The van der Waals surface area contributed by atoms with Crippen molar-refractivity contribution in [3.8, 4) is 11.4 Å². The van der Waals surface area contributed by atoms with Crippen LogP contribution in [0.4, 0.5) is 0 Å². The lowest BCUT2D eigenvalue weighted by Gasteiger charge is -2.02. The predicted molar refractivity (Wildman–Crippen MR) is 78.8 cm³/mol. The molecule has 6 heteroatoms. The molecule has 0 aliphatic heterocycles. The lowest BCUT2D eigenvalue weighted by Crippen LogP contribution is -2.00. The number of H-pyrrole nitrogens is 1. The van der Waals surface area contributed by atoms with Crippen molar-refractivity contribution in [1.82, 2.24) is 20.6 Å². The van der Waals surface area contributed by atoms with Gasteiger partial charge in [0.2, 0.25) is 0 Å². The van der Waals surface area contributed by atoms with Crippen molar-refractivity contribution >= 4 is 31.5 Å². The Bertz CT molecular complexity index is 975. The number of aromatic amines is 1. The lowest BCUT2D eigenvalue weighted by molar-refractivity contribution is 0.881. The highest BCUT2D eigenvalue weighted by Crippen LogP contribution is 2.27. The zero-order valence-electron chi connectivity index (χ0n) is 10.2. The Balaban J connectivity index is 2.08. The van der Waals surface area contributed by atoms with Crippen LogP contribution in [0.25, 0.3) is 31.6 Å². The molecule has 20 heavy (non-hydrogen) atoms. The maximum atomic E-state index is 12.4. The fourth-order valence-electron chi connectivity index (χ4n) is 2.23. The van der Waals surface area contributed by atoms with E-state index in [1.165, 1.54) is 0 Å². The number of nitrogens with one attached hydrogen (secondary N) is 1. The van der Waals surface area contributed by atoms with E-state index in [1.807, 2.05) is 42.5 Å². The normalized spacial score (nSPS) is 11.2. The summed E-state index contributed by atoms with van der Waals surface area (Å²) in [7, 11) is 0. The van der Waals surface area contributed by atoms with E-state index in [0.29, 0.717) is 5.82 Å². The highest BCUT2D eigenvalue weighted by atomic mass is 32.1. The van der Waals surface area contributed by atoms with Crippen LogP contribution >= 0.6 is 11.3 Å². The standard InChI is InChI=1S/C14H8N4OS/c19-13-9-3-1-2-4-11(9)20-12-7-8(5-6-10(12)13)14-15-17-18-16-14/h1-7H,(H,15,16,17,18). The molecule has 0 amide bonds. The monoisotopic (exact) mass is 280 g/mol. The van der Waals surface area contributed by atoms with Gasteiger partial charge in [0.05, 0.1) is 0 Å². The molecule has 4 aromatic rings. The van der Waals surface area contributed by atoms with Crippen LogP contribution in [0.3, 0.4) is 0 Å². The SMILES string of the molecule is O=c1c2ccccc2sc2cc(-c3nnn[nH]3)ccc12. The number of fused-ring (bicyclic) bond motifs is 2. The first-order valence-electron chi connectivity index (χ1n) is 6.02. The molecule has 0 bridgehead atoms. The summed E-state index contributed by atoms with van der Waals surface area (Å²) in [5.74, 6) is 0.597. The van der Waals surface area contributed by atoms with Crippen LogP contribution in [0.15, 0.2) is 47.3 Å². The average molecular weight is 280 g/mol. The molecule has 0 saturated carbocycles. The fourth-order valence-corrected chi connectivity index (χ4v) is 3.34. The summed E-state index contributed by atoms with van der Waals surface area (Å²) in [6, 6.07) is 13.3. The first-order chi connectivity index (χ1) is 9.83. The van der Waals surface area contributed by atoms with E-state index in [0.717, 1.165) is 25.7 Å². The van der Waals surface area contributed by atoms with Gasteiger partial charge in [0.15, 0.2) is 11.3 Å². The van der Waals surface area contributed by atoms with Crippen LogP contribution in [0, 0.1) is 0 Å². The molecule has 0 spiro atoms.